The molecule has 0 spiro atoms. The Kier molecular flexibility index (Phi) is 6.79. The summed E-state index contributed by atoms with van der Waals surface area (Å²) in [6, 6.07) is 9.70. The fourth-order valence-electron chi connectivity index (χ4n) is 4.14. The van der Waals surface area contributed by atoms with Crippen LogP contribution in [-0.2, 0) is 11.3 Å². The smallest absolute Gasteiger partial charge is 0.251 e. The first kappa shape index (κ1) is 20.6. The van der Waals surface area contributed by atoms with Crippen LogP contribution in [-0.4, -0.2) is 48.2 Å². The predicted molar refractivity (Wildman–Crippen MR) is 118 cm³/mol. The van der Waals surface area contributed by atoms with E-state index in [0.29, 0.717) is 24.6 Å². The third-order valence-electron chi connectivity index (χ3n) is 5.81. The zero-order chi connectivity index (χ0) is 20.8. The van der Waals surface area contributed by atoms with Crippen LogP contribution in [0.3, 0.4) is 0 Å². The minimum Gasteiger partial charge on any atom is -0.376 e. The fraction of sp³-hybridized carbons (Fsp3) is 0.522. The SMILES string of the molecule is CC1CCCN(c2cc(NCc3cccc(C(=O)NCC4CCCO4)c3)ncn2)C1. The summed E-state index contributed by atoms with van der Waals surface area (Å²) in [5, 5.41) is 6.34. The van der Waals surface area contributed by atoms with Crippen LogP contribution in [0.15, 0.2) is 36.7 Å². The van der Waals surface area contributed by atoms with Gasteiger partial charge in [0.05, 0.1) is 6.10 Å². The molecule has 2 N–H and O–H groups in total. The van der Waals surface area contributed by atoms with Gasteiger partial charge in [-0.2, -0.15) is 0 Å². The lowest BCUT2D eigenvalue weighted by atomic mass is 10.0. The van der Waals surface area contributed by atoms with E-state index in [-0.39, 0.29) is 12.0 Å². The Labute approximate surface area is 178 Å². The van der Waals surface area contributed by atoms with Gasteiger partial charge in [0, 0.05) is 44.4 Å². The van der Waals surface area contributed by atoms with E-state index in [2.05, 4.69) is 32.4 Å². The molecule has 30 heavy (non-hydrogen) atoms. The molecule has 2 fully saturated rings. The van der Waals surface area contributed by atoms with Crippen LogP contribution < -0.4 is 15.5 Å². The number of hydrogen-bond acceptors (Lipinski definition) is 6. The maximum Gasteiger partial charge on any atom is 0.251 e. The number of hydrogen-bond donors (Lipinski definition) is 2. The third kappa shape index (κ3) is 5.48. The molecule has 1 aromatic heterocycles. The van der Waals surface area contributed by atoms with Crippen LogP contribution in [0, 0.1) is 5.92 Å². The van der Waals surface area contributed by atoms with Gasteiger partial charge in [-0.15, -0.1) is 0 Å². The molecule has 2 unspecified atom stereocenters. The molecule has 2 saturated heterocycles. The Balaban J connectivity index is 1.33. The molecule has 0 aliphatic carbocycles. The minimum absolute atomic E-state index is 0.0594. The summed E-state index contributed by atoms with van der Waals surface area (Å²) in [6.45, 7) is 6.34. The van der Waals surface area contributed by atoms with E-state index in [9.17, 15) is 4.79 Å². The van der Waals surface area contributed by atoms with Crippen LogP contribution in [0.25, 0.3) is 0 Å². The standard InChI is InChI=1S/C23H31N5O2/c1-17-5-3-9-28(15-17)22-12-21(26-16-27-22)24-13-18-6-2-7-19(11-18)23(29)25-14-20-8-4-10-30-20/h2,6-7,11-12,16-17,20H,3-5,8-10,13-15H2,1H3,(H,25,29)(H,24,26,27). The normalized spacial score (nSPS) is 21.4. The summed E-state index contributed by atoms with van der Waals surface area (Å²) in [7, 11) is 0. The lowest BCUT2D eigenvalue weighted by Gasteiger charge is -2.31. The lowest BCUT2D eigenvalue weighted by Crippen LogP contribution is -2.34. The predicted octanol–water partition coefficient (Wildman–Crippen LogP) is 3.23. The number of ether oxygens (including phenoxy) is 1. The molecule has 160 valence electrons. The van der Waals surface area contributed by atoms with Crippen molar-refractivity contribution in [2.24, 2.45) is 5.92 Å². The third-order valence-corrected chi connectivity index (χ3v) is 5.81. The number of rotatable bonds is 7. The average Bonchev–Trinajstić information content (AvgIpc) is 3.30. The number of anilines is 2. The van der Waals surface area contributed by atoms with E-state index in [0.717, 1.165) is 49.7 Å². The zero-order valence-corrected chi connectivity index (χ0v) is 17.6. The van der Waals surface area contributed by atoms with Crippen LogP contribution in [0.1, 0.15) is 48.5 Å². The van der Waals surface area contributed by atoms with Crippen molar-refractivity contribution in [1.82, 2.24) is 15.3 Å². The molecule has 7 heteroatoms. The number of piperidine rings is 1. The summed E-state index contributed by atoms with van der Waals surface area (Å²) in [5.74, 6) is 2.41. The van der Waals surface area contributed by atoms with E-state index in [1.54, 1.807) is 6.33 Å². The average molecular weight is 410 g/mol. The first-order valence-corrected chi connectivity index (χ1v) is 11.0. The first-order valence-electron chi connectivity index (χ1n) is 11.0. The summed E-state index contributed by atoms with van der Waals surface area (Å²) in [4.78, 5) is 23.6. The van der Waals surface area contributed by atoms with Crippen LogP contribution >= 0.6 is 0 Å². The van der Waals surface area contributed by atoms with Gasteiger partial charge in [-0.25, -0.2) is 9.97 Å². The minimum atomic E-state index is -0.0594. The highest BCUT2D eigenvalue weighted by atomic mass is 16.5. The van der Waals surface area contributed by atoms with Gasteiger partial charge in [-0.05, 0) is 49.3 Å². The van der Waals surface area contributed by atoms with Crippen molar-refractivity contribution in [3.8, 4) is 0 Å². The van der Waals surface area contributed by atoms with E-state index in [4.69, 9.17) is 4.74 Å². The first-order chi connectivity index (χ1) is 14.7. The van der Waals surface area contributed by atoms with Gasteiger partial charge < -0.3 is 20.3 Å². The van der Waals surface area contributed by atoms with Crippen molar-refractivity contribution in [3.63, 3.8) is 0 Å². The maximum absolute atomic E-state index is 12.5. The van der Waals surface area contributed by atoms with Crippen molar-refractivity contribution in [2.75, 3.05) is 36.5 Å². The molecule has 0 bridgehead atoms. The van der Waals surface area contributed by atoms with Gasteiger partial charge in [0.2, 0.25) is 0 Å². The Hall–Kier alpha value is -2.67. The molecule has 2 aromatic rings. The molecule has 0 saturated carbocycles. The van der Waals surface area contributed by atoms with Gasteiger partial charge in [0.1, 0.15) is 18.0 Å². The van der Waals surface area contributed by atoms with Gasteiger partial charge in [-0.1, -0.05) is 19.1 Å². The number of nitrogens with zero attached hydrogens (tertiary/aromatic N) is 3. The second-order valence-electron chi connectivity index (χ2n) is 8.35. The number of amides is 1. The van der Waals surface area contributed by atoms with Crippen molar-refractivity contribution in [1.29, 1.82) is 0 Å². The van der Waals surface area contributed by atoms with Gasteiger partial charge >= 0.3 is 0 Å². The molecule has 0 radical (unpaired) electrons. The molecule has 1 aromatic carbocycles. The zero-order valence-electron chi connectivity index (χ0n) is 17.6. The topological polar surface area (TPSA) is 79.4 Å². The van der Waals surface area contributed by atoms with Crippen LogP contribution in [0.4, 0.5) is 11.6 Å². The van der Waals surface area contributed by atoms with Crippen molar-refractivity contribution < 1.29 is 9.53 Å². The molecule has 4 rings (SSSR count). The number of benzene rings is 1. The van der Waals surface area contributed by atoms with Crippen LogP contribution in [0.5, 0.6) is 0 Å². The van der Waals surface area contributed by atoms with E-state index >= 15 is 0 Å². The number of carbonyl (C=O) groups excluding carboxylic acids is 1. The Morgan fingerprint density at radius 3 is 3.00 bits per heavy atom. The molecule has 2 aliphatic rings. The van der Waals surface area contributed by atoms with Crippen LogP contribution in [0.2, 0.25) is 0 Å². The number of aromatic nitrogens is 2. The van der Waals surface area contributed by atoms with Crippen molar-refractivity contribution in [2.45, 2.75) is 45.3 Å². The summed E-state index contributed by atoms with van der Waals surface area (Å²) in [5.41, 5.74) is 1.70. The second-order valence-corrected chi connectivity index (χ2v) is 8.35. The Bertz CT molecular complexity index is 853. The Morgan fingerprint density at radius 2 is 2.17 bits per heavy atom. The molecule has 2 aliphatic heterocycles. The number of carbonyl (C=O) groups is 1. The summed E-state index contributed by atoms with van der Waals surface area (Å²) < 4.78 is 5.57. The van der Waals surface area contributed by atoms with E-state index < -0.39 is 0 Å². The van der Waals surface area contributed by atoms with Gasteiger partial charge in [0.15, 0.2) is 0 Å². The Morgan fingerprint density at radius 1 is 1.23 bits per heavy atom. The number of nitrogens with one attached hydrogen (secondary N) is 2. The second kappa shape index (κ2) is 9.89. The van der Waals surface area contributed by atoms with E-state index in [1.807, 2.05) is 30.3 Å². The highest BCUT2D eigenvalue weighted by molar-refractivity contribution is 5.94. The van der Waals surface area contributed by atoms with E-state index in [1.165, 1.54) is 12.8 Å². The molecule has 3 heterocycles. The monoisotopic (exact) mass is 409 g/mol. The maximum atomic E-state index is 12.5. The van der Waals surface area contributed by atoms with Gasteiger partial charge in [-0.3, -0.25) is 4.79 Å². The molecule has 7 nitrogen and oxygen atoms in total. The molecular weight excluding hydrogens is 378 g/mol. The molecule has 1 amide bonds. The summed E-state index contributed by atoms with van der Waals surface area (Å²) >= 11 is 0. The highest BCUT2D eigenvalue weighted by Gasteiger charge is 2.18. The fourth-order valence-corrected chi connectivity index (χ4v) is 4.14. The molecular formula is C23H31N5O2. The quantitative estimate of drug-likeness (QED) is 0.731. The molecule has 2 atom stereocenters. The van der Waals surface area contributed by atoms with Crippen molar-refractivity contribution >= 4 is 17.5 Å². The van der Waals surface area contributed by atoms with Crippen molar-refractivity contribution in [3.05, 3.63) is 47.8 Å². The summed E-state index contributed by atoms with van der Waals surface area (Å²) in [6.07, 6.45) is 6.34. The lowest BCUT2D eigenvalue weighted by molar-refractivity contribution is 0.0857. The van der Waals surface area contributed by atoms with Gasteiger partial charge in [0.25, 0.3) is 5.91 Å². The largest absolute Gasteiger partial charge is 0.376 e. The highest BCUT2D eigenvalue weighted by Crippen LogP contribution is 2.22.